The number of rotatable bonds is 4. The lowest BCUT2D eigenvalue weighted by Gasteiger charge is -2.12. The Balaban J connectivity index is 2.15. The second kappa shape index (κ2) is 5.85. The molecule has 4 heteroatoms. The first-order chi connectivity index (χ1) is 8.61. The number of hydrogen-bond acceptors (Lipinski definition) is 3. The molecule has 18 heavy (non-hydrogen) atoms. The van der Waals surface area contributed by atoms with E-state index in [2.05, 4.69) is 15.9 Å². The fourth-order valence-corrected chi connectivity index (χ4v) is 2.67. The van der Waals surface area contributed by atoms with Crippen LogP contribution in [0.15, 0.2) is 22.7 Å². The van der Waals surface area contributed by atoms with E-state index in [9.17, 15) is 4.79 Å². The maximum atomic E-state index is 12.3. The van der Waals surface area contributed by atoms with Crippen molar-refractivity contribution in [2.45, 2.75) is 38.9 Å². The molecule has 1 aliphatic heterocycles. The molecule has 1 saturated heterocycles. The van der Waals surface area contributed by atoms with Crippen LogP contribution in [0, 0.1) is 0 Å². The van der Waals surface area contributed by atoms with E-state index in [0.29, 0.717) is 12.2 Å². The van der Waals surface area contributed by atoms with Crippen LogP contribution in [0.5, 0.6) is 5.75 Å². The van der Waals surface area contributed by atoms with Crippen LogP contribution in [0.4, 0.5) is 0 Å². The third kappa shape index (κ3) is 2.93. The Morgan fingerprint density at radius 2 is 2.28 bits per heavy atom. The van der Waals surface area contributed by atoms with E-state index in [4.69, 9.17) is 9.47 Å². The summed E-state index contributed by atoms with van der Waals surface area (Å²) in [5.74, 6) is 0.816. The predicted octanol–water partition coefficient (Wildman–Crippen LogP) is 3.60. The molecule has 1 aromatic rings. The van der Waals surface area contributed by atoms with Gasteiger partial charge in [-0.1, -0.05) is 0 Å². The topological polar surface area (TPSA) is 35.5 Å². The number of hydrogen-bond donors (Lipinski definition) is 0. The number of ketones is 1. The standard InChI is InChI=1S/C14H17BrO3/c1-3-17-10-5-6-11(12(15)8-10)14(16)13-7-4-9(2)18-13/h5-6,8-9,13H,3-4,7H2,1-2H3. The summed E-state index contributed by atoms with van der Waals surface area (Å²) in [6, 6.07) is 5.44. The molecule has 0 saturated carbocycles. The van der Waals surface area contributed by atoms with Gasteiger partial charge in [0.05, 0.1) is 12.7 Å². The fourth-order valence-electron chi connectivity index (χ4n) is 2.12. The molecule has 2 unspecified atom stereocenters. The van der Waals surface area contributed by atoms with E-state index in [-0.39, 0.29) is 18.0 Å². The lowest BCUT2D eigenvalue weighted by atomic mass is 10.0. The summed E-state index contributed by atoms with van der Waals surface area (Å²) in [5.41, 5.74) is 0.664. The molecule has 1 aromatic carbocycles. The SMILES string of the molecule is CCOc1ccc(C(=O)C2CCC(C)O2)c(Br)c1. The Hall–Kier alpha value is -0.870. The quantitative estimate of drug-likeness (QED) is 0.797. The lowest BCUT2D eigenvalue weighted by molar-refractivity contribution is 0.0432. The van der Waals surface area contributed by atoms with Crippen molar-refractivity contribution in [3.63, 3.8) is 0 Å². The van der Waals surface area contributed by atoms with Crippen LogP contribution in [-0.2, 0) is 4.74 Å². The smallest absolute Gasteiger partial charge is 0.192 e. The van der Waals surface area contributed by atoms with Crippen LogP contribution in [0.3, 0.4) is 0 Å². The zero-order valence-electron chi connectivity index (χ0n) is 10.6. The Kier molecular flexibility index (Phi) is 4.40. The summed E-state index contributed by atoms with van der Waals surface area (Å²) in [6.45, 7) is 4.55. The fraction of sp³-hybridized carbons (Fsp3) is 0.500. The highest BCUT2D eigenvalue weighted by atomic mass is 79.9. The number of halogens is 1. The number of benzene rings is 1. The Morgan fingerprint density at radius 1 is 1.50 bits per heavy atom. The van der Waals surface area contributed by atoms with E-state index in [1.807, 2.05) is 26.0 Å². The van der Waals surface area contributed by atoms with E-state index in [0.717, 1.165) is 23.1 Å². The molecule has 0 aromatic heterocycles. The normalized spacial score (nSPS) is 23.1. The average molecular weight is 313 g/mol. The molecule has 0 radical (unpaired) electrons. The molecular weight excluding hydrogens is 296 g/mol. The Bertz CT molecular complexity index is 445. The molecule has 0 N–H and O–H groups in total. The van der Waals surface area contributed by atoms with Gasteiger partial charge in [-0.05, 0) is 60.8 Å². The Morgan fingerprint density at radius 3 is 2.83 bits per heavy atom. The lowest BCUT2D eigenvalue weighted by Crippen LogP contribution is -2.21. The minimum Gasteiger partial charge on any atom is -0.494 e. The number of carbonyl (C=O) groups is 1. The molecule has 0 aliphatic carbocycles. The number of carbonyl (C=O) groups excluding carboxylic acids is 1. The maximum Gasteiger partial charge on any atom is 0.192 e. The second-order valence-electron chi connectivity index (χ2n) is 4.45. The second-order valence-corrected chi connectivity index (χ2v) is 5.31. The highest BCUT2D eigenvalue weighted by Gasteiger charge is 2.29. The summed E-state index contributed by atoms with van der Waals surface area (Å²) in [4.78, 5) is 12.3. The molecule has 1 fully saturated rings. The zero-order chi connectivity index (χ0) is 13.1. The van der Waals surface area contributed by atoms with Gasteiger partial charge in [-0.2, -0.15) is 0 Å². The molecule has 0 spiro atoms. The molecule has 1 aliphatic rings. The highest BCUT2D eigenvalue weighted by Crippen LogP contribution is 2.28. The summed E-state index contributed by atoms with van der Waals surface area (Å²) in [5, 5.41) is 0. The van der Waals surface area contributed by atoms with Gasteiger partial charge in [0.25, 0.3) is 0 Å². The van der Waals surface area contributed by atoms with Crippen molar-refractivity contribution in [1.29, 1.82) is 0 Å². The van der Waals surface area contributed by atoms with Gasteiger partial charge in [0.2, 0.25) is 0 Å². The van der Waals surface area contributed by atoms with E-state index in [1.54, 1.807) is 6.07 Å². The molecule has 2 rings (SSSR count). The zero-order valence-corrected chi connectivity index (χ0v) is 12.2. The van der Waals surface area contributed by atoms with Gasteiger partial charge < -0.3 is 9.47 Å². The van der Waals surface area contributed by atoms with Gasteiger partial charge in [0.1, 0.15) is 11.9 Å². The van der Waals surface area contributed by atoms with Crippen LogP contribution in [0.25, 0.3) is 0 Å². The molecule has 98 valence electrons. The van der Waals surface area contributed by atoms with Crippen molar-refractivity contribution in [2.75, 3.05) is 6.61 Å². The van der Waals surface area contributed by atoms with Crippen molar-refractivity contribution in [2.24, 2.45) is 0 Å². The van der Waals surface area contributed by atoms with Gasteiger partial charge >= 0.3 is 0 Å². The first-order valence-corrected chi connectivity index (χ1v) is 7.03. The minimum atomic E-state index is -0.297. The molecular formula is C14H17BrO3. The average Bonchev–Trinajstić information content (AvgIpc) is 2.76. The highest BCUT2D eigenvalue weighted by molar-refractivity contribution is 9.10. The summed E-state index contributed by atoms with van der Waals surface area (Å²) in [7, 11) is 0. The van der Waals surface area contributed by atoms with Crippen molar-refractivity contribution in [3.05, 3.63) is 28.2 Å². The van der Waals surface area contributed by atoms with Crippen LogP contribution in [0.2, 0.25) is 0 Å². The van der Waals surface area contributed by atoms with E-state index >= 15 is 0 Å². The largest absolute Gasteiger partial charge is 0.494 e. The summed E-state index contributed by atoms with van der Waals surface area (Å²) in [6.07, 6.45) is 1.64. The monoisotopic (exact) mass is 312 g/mol. The van der Waals surface area contributed by atoms with Crippen LogP contribution in [0.1, 0.15) is 37.0 Å². The van der Waals surface area contributed by atoms with Crippen LogP contribution >= 0.6 is 15.9 Å². The third-order valence-electron chi connectivity index (χ3n) is 3.04. The molecule has 2 atom stereocenters. The summed E-state index contributed by atoms with van der Waals surface area (Å²) >= 11 is 3.42. The van der Waals surface area contributed by atoms with Gasteiger partial charge in [-0.15, -0.1) is 0 Å². The number of ether oxygens (including phenoxy) is 2. The molecule has 0 bridgehead atoms. The van der Waals surface area contributed by atoms with Gasteiger partial charge in [-0.25, -0.2) is 0 Å². The first-order valence-electron chi connectivity index (χ1n) is 6.23. The van der Waals surface area contributed by atoms with Crippen molar-refractivity contribution >= 4 is 21.7 Å². The molecule has 3 nitrogen and oxygen atoms in total. The van der Waals surface area contributed by atoms with Gasteiger partial charge in [0.15, 0.2) is 5.78 Å². The van der Waals surface area contributed by atoms with Crippen molar-refractivity contribution < 1.29 is 14.3 Å². The molecule has 1 heterocycles. The first kappa shape index (κ1) is 13.6. The number of Topliss-reactive ketones (excluding diaryl/α,β-unsaturated/α-hetero) is 1. The van der Waals surface area contributed by atoms with Gasteiger partial charge in [-0.3, -0.25) is 4.79 Å². The van der Waals surface area contributed by atoms with Crippen LogP contribution in [-0.4, -0.2) is 24.6 Å². The predicted molar refractivity (Wildman–Crippen MR) is 73.2 cm³/mol. The van der Waals surface area contributed by atoms with Crippen LogP contribution < -0.4 is 4.74 Å². The van der Waals surface area contributed by atoms with Gasteiger partial charge in [0, 0.05) is 10.0 Å². The van der Waals surface area contributed by atoms with E-state index < -0.39 is 0 Å². The Labute approximate surface area is 116 Å². The van der Waals surface area contributed by atoms with E-state index in [1.165, 1.54) is 0 Å². The van der Waals surface area contributed by atoms with Crippen molar-refractivity contribution in [3.8, 4) is 5.75 Å². The van der Waals surface area contributed by atoms with Crippen molar-refractivity contribution in [1.82, 2.24) is 0 Å². The third-order valence-corrected chi connectivity index (χ3v) is 3.70. The molecule has 0 amide bonds. The minimum absolute atomic E-state index is 0.0503. The maximum absolute atomic E-state index is 12.3. The summed E-state index contributed by atoms with van der Waals surface area (Å²) < 4.78 is 11.8.